The number of carbonyl (C=O) groups is 1. The molecule has 8 nitrogen and oxygen atoms in total. The van der Waals surface area contributed by atoms with Crippen LogP contribution in [0.2, 0.25) is 0 Å². The van der Waals surface area contributed by atoms with E-state index in [1.165, 1.54) is 0 Å². The van der Waals surface area contributed by atoms with Crippen LogP contribution in [0.25, 0.3) is 0 Å². The Labute approximate surface area is 187 Å². The molecule has 4 aliphatic rings. The highest BCUT2D eigenvalue weighted by molar-refractivity contribution is 7.86. The number of hydrogen-bond acceptors (Lipinski definition) is 7. The summed E-state index contributed by atoms with van der Waals surface area (Å²) in [6, 6.07) is 0. The van der Waals surface area contributed by atoms with Crippen molar-refractivity contribution >= 4 is 16.1 Å². The van der Waals surface area contributed by atoms with E-state index >= 15 is 0 Å². The van der Waals surface area contributed by atoms with E-state index in [2.05, 4.69) is 4.74 Å². The quantitative estimate of drug-likeness (QED) is 0.354. The van der Waals surface area contributed by atoms with Gasteiger partial charge in [0.25, 0.3) is 0 Å². The fourth-order valence-electron chi connectivity index (χ4n) is 6.60. The van der Waals surface area contributed by atoms with E-state index in [1.54, 1.807) is 27.7 Å². The second-order valence-electron chi connectivity index (χ2n) is 11.3. The van der Waals surface area contributed by atoms with E-state index in [-0.39, 0.29) is 5.92 Å². The van der Waals surface area contributed by atoms with Crippen LogP contribution in [0.5, 0.6) is 0 Å². The van der Waals surface area contributed by atoms with Crippen molar-refractivity contribution in [2.75, 3.05) is 6.61 Å². The van der Waals surface area contributed by atoms with Crippen LogP contribution in [0.4, 0.5) is 8.78 Å². The lowest BCUT2D eigenvalue weighted by atomic mass is 9.37. The van der Waals surface area contributed by atoms with Gasteiger partial charge in [-0.25, -0.2) is 4.79 Å². The van der Waals surface area contributed by atoms with Crippen molar-refractivity contribution < 1.29 is 46.2 Å². The number of halogens is 2. The normalized spacial score (nSPS) is 36.2. The summed E-state index contributed by atoms with van der Waals surface area (Å²) in [6.07, 6.45) is 1.23. The van der Waals surface area contributed by atoms with Crippen LogP contribution >= 0.6 is 0 Å². The summed E-state index contributed by atoms with van der Waals surface area (Å²) in [5.74, 6) is -1.03. The van der Waals surface area contributed by atoms with Gasteiger partial charge in [-0.15, -0.1) is 0 Å². The van der Waals surface area contributed by atoms with Gasteiger partial charge in [0.2, 0.25) is 0 Å². The molecule has 0 aliphatic heterocycles. The number of hydrogen-bond donors (Lipinski definition) is 3. The van der Waals surface area contributed by atoms with Gasteiger partial charge in [0.1, 0.15) is 6.61 Å². The lowest BCUT2D eigenvalue weighted by Gasteiger charge is -2.71. The van der Waals surface area contributed by atoms with Gasteiger partial charge in [-0.1, -0.05) is 0 Å². The molecule has 0 spiro atoms. The molecular formula is C21H34F2O8S. The van der Waals surface area contributed by atoms with Crippen LogP contribution in [0.3, 0.4) is 0 Å². The van der Waals surface area contributed by atoms with Crippen LogP contribution in [0.1, 0.15) is 73.1 Å². The average molecular weight is 485 g/mol. The Morgan fingerprint density at radius 3 is 1.91 bits per heavy atom. The van der Waals surface area contributed by atoms with Crippen LogP contribution in [0, 0.1) is 16.7 Å². The molecule has 0 aromatic rings. The monoisotopic (exact) mass is 484 g/mol. The summed E-state index contributed by atoms with van der Waals surface area (Å²) in [6.45, 7) is 6.92. The van der Waals surface area contributed by atoms with Crippen molar-refractivity contribution in [2.45, 2.75) is 101 Å². The Balaban J connectivity index is 1.80. The molecule has 0 saturated heterocycles. The zero-order chi connectivity index (χ0) is 24.6. The maximum atomic E-state index is 13.7. The fraction of sp³-hybridized carbons (Fsp3) is 0.952. The summed E-state index contributed by atoms with van der Waals surface area (Å²) in [7, 11) is -5.75. The minimum atomic E-state index is -5.75. The number of rotatable bonds is 8. The Morgan fingerprint density at radius 1 is 1.03 bits per heavy atom. The number of aliphatic hydroxyl groups is 2. The molecule has 0 aromatic heterocycles. The molecule has 0 heterocycles. The summed E-state index contributed by atoms with van der Waals surface area (Å²) in [5, 5.41) is 17.4. The first kappa shape index (κ1) is 25.7. The van der Waals surface area contributed by atoms with Crippen LogP contribution in [0.15, 0.2) is 0 Å². The molecule has 4 aliphatic carbocycles. The second-order valence-corrected chi connectivity index (χ2v) is 12.8. The molecule has 32 heavy (non-hydrogen) atoms. The Bertz CT molecular complexity index is 843. The highest BCUT2D eigenvalue weighted by Gasteiger charge is 2.70. The minimum Gasteiger partial charge on any atom is -0.453 e. The van der Waals surface area contributed by atoms with Crippen molar-refractivity contribution in [3.63, 3.8) is 0 Å². The summed E-state index contributed by atoms with van der Waals surface area (Å²) in [4.78, 5) is 12.2. The third-order valence-electron chi connectivity index (χ3n) is 8.23. The van der Waals surface area contributed by atoms with Gasteiger partial charge in [0.05, 0.1) is 16.8 Å². The van der Waals surface area contributed by atoms with Gasteiger partial charge in [-0.2, -0.15) is 17.2 Å². The molecule has 4 saturated carbocycles. The highest BCUT2D eigenvalue weighted by atomic mass is 32.2. The van der Waals surface area contributed by atoms with Gasteiger partial charge in [-0.05, 0) is 79.1 Å². The maximum absolute atomic E-state index is 13.7. The van der Waals surface area contributed by atoms with E-state index in [9.17, 15) is 32.2 Å². The molecule has 11 heteroatoms. The summed E-state index contributed by atoms with van der Waals surface area (Å²) < 4.78 is 68.3. The molecule has 4 rings (SSSR count). The van der Waals surface area contributed by atoms with E-state index < -0.39 is 61.7 Å². The number of alkyl halides is 2. The highest BCUT2D eigenvalue weighted by Crippen LogP contribution is 2.72. The van der Waals surface area contributed by atoms with Crippen molar-refractivity contribution in [3.05, 3.63) is 0 Å². The van der Waals surface area contributed by atoms with E-state index in [1.807, 2.05) is 0 Å². The molecule has 0 radical (unpaired) electrons. The zero-order valence-electron chi connectivity index (χ0n) is 19.2. The smallest absolute Gasteiger partial charge is 0.405 e. The van der Waals surface area contributed by atoms with Crippen molar-refractivity contribution in [1.82, 2.24) is 0 Å². The Morgan fingerprint density at radius 2 is 1.50 bits per heavy atom. The third-order valence-corrected chi connectivity index (χ3v) is 9.25. The van der Waals surface area contributed by atoms with Gasteiger partial charge in [0, 0.05) is 10.8 Å². The lowest BCUT2D eigenvalue weighted by molar-refractivity contribution is -0.292. The second kappa shape index (κ2) is 7.31. The standard InChI is InChI=1S/C21H34F2O8S/c1-13(21(22,23)32(27,28)29)31-15(24)9-30-20-8-14-6-18(11-20,16(2,3)25)10-19(7-14,12-20)17(4,5)26/h13-14,25-26H,6-12H2,1-5H3,(H,27,28,29). The van der Waals surface area contributed by atoms with E-state index in [0.717, 1.165) is 12.8 Å². The van der Waals surface area contributed by atoms with Crippen LogP contribution in [-0.4, -0.2) is 63.9 Å². The fourth-order valence-corrected chi connectivity index (χ4v) is 7.06. The molecule has 186 valence electrons. The first-order chi connectivity index (χ1) is 14.2. The van der Waals surface area contributed by atoms with Crippen molar-refractivity contribution in [2.24, 2.45) is 16.7 Å². The summed E-state index contributed by atoms with van der Waals surface area (Å²) >= 11 is 0. The Kier molecular flexibility index (Phi) is 5.88. The van der Waals surface area contributed by atoms with Crippen molar-refractivity contribution in [1.29, 1.82) is 0 Å². The first-order valence-electron chi connectivity index (χ1n) is 10.8. The molecular weight excluding hydrogens is 450 g/mol. The van der Waals surface area contributed by atoms with Gasteiger partial charge in [-0.3, -0.25) is 4.55 Å². The van der Waals surface area contributed by atoms with Gasteiger partial charge >= 0.3 is 21.3 Å². The first-order valence-corrected chi connectivity index (χ1v) is 12.2. The number of ether oxygens (including phenoxy) is 2. The molecule has 3 N–H and O–H groups in total. The molecule has 3 atom stereocenters. The van der Waals surface area contributed by atoms with Crippen molar-refractivity contribution in [3.8, 4) is 0 Å². The predicted molar refractivity (Wildman–Crippen MR) is 109 cm³/mol. The third kappa shape index (κ3) is 4.08. The van der Waals surface area contributed by atoms with E-state index in [0.29, 0.717) is 32.6 Å². The molecule has 0 amide bonds. The molecule has 4 bridgehead atoms. The lowest BCUT2D eigenvalue weighted by Crippen LogP contribution is -2.70. The SMILES string of the molecule is CC(OC(=O)COC12CC3CC(C(C)(C)O)(C1)CC(C(C)(C)O)(C3)C2)C(F)(F)S(=O)(=O)O. The van der Waals surface area contributed by atoms with E-state index in [4.69, 9.17) is 9.29 Å². The predicted octanol–water partition coefficient (Wildman–Crippen LogP) is 2.67. The zero-order valence-corrected chi connectivity index (χ0v) is 20.0. The maximum Gasteiger partial charge on any atom is 0.405 e. The number of esters is 1. The topological polar surface area (TPSA) is 130 Å². The van der Waals surface area contributed by atoms with Gasteiger partial charge < -0.3 is 19.7 Å². The van der Waals surface area contributed by atoms with Crippen LogP contribution < -0.4 is 0 Å². The number of carbonyl (C=O) groups excluding carboxylic acids is 1. The van der Waals surface area contributed by atoms with Gasteiger partial charge in [0.15, 0.2) is 6.10 Å². The summed E-state index contributed by atoms with van der Waals surface area (Å²) in [5.41, 5.74) is -4.06. The molecule has 4 fully saturated rings. The largest absolute Gasteiger partial charge is 0.453 e. The average Bonchev–Trinajstić information content (AvgIpc) is 2.56. The Hall–Kier alpha value is -0.880. The molecule has 3 unspecified atom stereocenters. The minimum absolute atomic E-state index is 0.155. The molecule has 0 aromatic carbocycles. The van der Waals surface area contributed by atoms with Crippen LogP contribution in [-0.2, 0) is 24.4 Å².